The molecule has 4 atom stereocenters. The number of hydrogen-bond acceptors (Lipinski definition) is 5. The fourth-order valence-electron chi connectivity index (χ4n) is 1.71. The van der Waals surface area contributed by atoms with Crippen molar-refractivity contribution < 1.29 is 14.9 Å². The molecule has 0 aromatic carbocycles. The summed E-state index contributed by atoms with van der Waals surface area (Å²) >= 11 is 3.18. The van der Waals surface area contributed by atoms with Crippen LogP contribution in [0.4, 0.5) is 0 Å². The Bertz CT molecular complexity index is 513. The van der Waals surface area contributed by atoms with E-state index >= 15 is 0 Å². The van der Waals surface area contributed by atoms with Crippen LogP contribution in [0.25, 0.3) is 0 Å². The third-order valence-corrected chi connectivity index (χ3v) is 3.72. The fraction of sp³-hybridized carbons (Fsp3) is 0.556. The van der Waals surface area contributed by atoms with Crippen molar-refractivity contribution in [3.63, 3.8) is 0 Å². The first kappa shape index (κ1) is 12.5. The Balaban J connectivity index is 2.35. The highest BCUT2D eigenvalue weighted by Gasteiger charge is 2.43. The highest BCUT2D eigenvalue weighted by atomic mass is 79.9. The van der Waals surface area contributed by atoms with Crippen LogP contribution in [0.15, 0.2) is 21.9 Å². The molecule has 0 spiro atoms. The number of aliphatic hydroxyl groups excluding tert-OH is 2. The van der Waals surface area contributed by atoms with Crippen molar-refractivity contribution in [1.82, 2.24) is 9.55 Å². The summed E-state index contributed by atoms with van der Waals surface area (Å²) in [5, 5.41) is 18.9. The summed E-state index contributed by atoms with van der Waals surface area (Å²) in [4.78, 5) is 24.0. The molecule has 2 rings (SSSR count). The van der Waals surface area contributed by atoms with Crippen molar-refractivity contribution >= 4 is 15.9 Å². The SMILES string of the molecule is O=c1ccn([C@@H]2O[C@H](CO)[C@H](Br)[C@H]2O)c(=O)[nH]1. The molecule has 0 bridgehead atoms. The third kappa shape index (κ3) is 2.21. The van der Waals surface area contributed by atoms with Crippen LogP contribution >= 0.6 is 15.9 Å². The van der Waals surface area contributed by atoms with Gasteiger partial charge in [0.1, 0.15) is 6.10 Å². The second kappa shape index (κ2) is 4.73. The van der Waals surface area contributed by atoms with Gasteiger partial charge in [-0.3, -0.25) is 14.3 Å². The average molecular weight is 307 g/mol. The van der Waals surface area contributed by atoms with Crippen molar-refractivity contribution in [3.8, 4) is 0 Å². The Labute approximate surface area is 104 Å². The normalized spacial score (nSPS) is 32.9. The van der Waals surface area contributed by atoms with Gasteiger partial charge in [-0.15, -0.1) is 0 Å². The summed E-state index contributed by atoms with van der Waals surface area (Å²) in [6, 6.07) is 1.16. The van der Waals surface area contributed by atoms with Gasteiger partial charge in [0.05, 0.1) is 17.5 Å². The minimum absolute atomic E-state index is 0.276. The van der Waals surface area contributed by atoms with E-state index in [0.717, 1.165) is 10.6 Å². The van der Waals surface area contributed by atoms with Crippen LogP contribution in [-0.4, -0.2) is 43.4 Å². The van der Waals surface area contributed by atoms with Gasteiger partial charge >= 0.3 is 5.69 Å². The van der Waals surface area contributed by atoms with E-state index in [9.17, 15) is 14.7 Å². The summed E-state index contributed by atoms with van der Waals surface area (Å²) in [5.74, 6) is 0. The van der Waals surface area contributed by atoms with Gasteiger partial charge in [-0.05, 0) is 0 Å². The van der Waals surface area contributed by atoms with Gasteiger partial charge in [0.15, 0.2) is 6.23 Å². The molecule has 2 heterocycles. The Hall–Kier alpha value is -0.960. The summed E-state index contributed by atoms with van der Waals surface area (Å²) in [6.07, 6.45) is -1.28. The number of halogens is 1. The molecule has 1 aromatic rings. The molecule has 94 valence electrons. The second-order valence-corrected chi connectivity index (χ2v) is 4.76. The standard InChI is InChI=1S/C9H11BrN2O5/c10-6-4(3-13)17-8(7(6)15)12-2-1-5(14)11-9(12)16/h1-2,4,6-8,13,15H,3H2,(H,11,14,16)/t4-,6+,7-,8-/m1/s1. The Morgan fingerprint density at radius 3 is 2.76 bits per heavy atom. The summed E-state index contributed by atoms with van der Waals surface area (Å²) in [6.45, 7) is -0.276. The Morgan fingerprint density at radius 2 is 2.24 bits per heavy atom. The van der Waals surface area contributed by atoms with Gasteiger partial charge in [-0.1, -0.05) is 15.9 Å². The quantitative estimate of drug-likeness (QED) is 0.580. The molecular formula is C9H11BrN2O5. The minimum Gasteiger partial charge on any atom is -0.394 e. The number of hydrogen-bond donors (Lipinski definition) is 3. The maximum Gasteiger partial charge on any atom is 0.330 e. The molecule has 3 N–H and O–H groups in total. The van der Waals surface area contributed by atoms with Gasteiger partial charge in [0.2, 0.25) is 0 Å². The molecule has 1 saturated heterocycles. The molecule has 0 amide bonds. The number of aliphatic hydroxyl groups is 2. The van der Waals surface area contributed by atoms with Crippen LogP contribution in [0, 0.1) is 0 Å². The van der Waals surface area contributed by atoms with Gasteiger partial charge in [-0.25, -0.2) is 4.79 Å². The molecule has 0 aliphatic carbocycles. The largest absolute Gasteiger partial charge is 0.394 e. The lowest BCUT2D eigenvalue weighted by Crippen LogP contribution is -2.36. The molecule has 1 aliphatic rings. The molecule has 17 heavy (non-hydrogen) atoms. The number of H-pyrrole nitrogens is 1. The van der Waals surface area contributed by atoms with E-state index in [-0.39, 0.29) is 6.61 Å². The number of aromatic amines is 1. The smallest absolute Gasteiger partial charge is 0.330 e. The lowest BCUT2D eigenvalue weighted by atomic mass is 10.2. The number of nitrogens with one attached hydrogen (secondary N) is 1. The maximum atomic E-state index is 11.5. The second-order valence-electron chi connectivity index (χ2n) is 3.70. The van der Waals surface area contributed by atoms with E-state index in [2.05, 4.69) is 20.9 Å². The van der Waals surface area contributed by atoms with E-state index in [1.807, 2.05) is 0 Å². The minimum atomic E-state index is -0.990. The van der Waals surface area contributed by atoms with E-state index in [1.165, 1.54) is 6.20 Å². The monoisotopic (exact) mass is 306 g/mol. The highest BCUT2D eigenvalue weighted by Crippen LogP contribution is 2.32. The van der Waals surface area contributed by atoms with Gasteiger partial charge < -0.3 is 14.9 Å². The van der Waals surface area contributed by atoms with E-state index < -0.39 is 34.5 Å². The Kier molecular flexibility index (Phi) is 3.48. The van der Waals surface area contributed by atoms with Crippen LogP contribution in [-0.2, 0) is 4.74 Å². The third-order valence-electron chi connectivity index (χ3n) is 2.59. The van der Waals surface area contributed by atoms with E-state index in [4.69, 9.17) is 9.84 Å². The molecule has 0 unspecified atom stereocenters. The first-order chi connectivity index (χ1) is 8.04. The molecule has 0 saturated carbocycles. The summed E-state index contributed by atoms with van der Waals surface area (Å²) in [5.41, 5.74) is -1.19. The van der Waals surface area contributed by atoms with Gasteiger partial charge in [0, 0.05) is 12.3 Å². The predicted octanol–water partition coefficient (Wildman–Crippen LogP) is -1.45. The van der Waals surface area contributed by atoms with Crippen molar-refractivity contribution in [2.75, 3.05) is 6.61 Å². The topological polar surface area (TPSA) is 105 Å². The van der Waals surface area contributed by atoms with Crippen LogP contribution in [0.1, 0.15) is 6.23 Å². The van der Waals surface area contributed by atoms with E-state index in [0.29, 0.717) is 0 Å². The number of alkyl halides is 1. The highest BCUT2D eigenvalue weighted by molar-refractivity contribution is 9.09. The van der Waals surface area contributed by atoms with Crippen LogP contribution in [0.2, 0.25) is 0 Å². The number of aromatic nitrogens is 2. The van der Waals surface area contributed by atoms with Gasteiger partial charge in [0.25, 0.3) is 5.56 Å². The van der Waals surface area contributed by atoms with Crippen LogP contribution < -0.4 is 11.2 Å². The summed E-state index contributed by atoms with van der Waals surface area (Å²) in [7, 11) is 0. The van der Waals surface area contributed by atoms with Gasteiger partial charge in [-0.2, -0.15) is 0 Å². The molecule has 1 fully saturated rings. The number of nitrogens with zero attached hydrogens (tertiary/aromatic N) is 1. The lowest BCUT2D eigenvalue weighted by molar-refractivity contribution is -0.0530. The molecule has 1 aliphatic heterocycles. The van der Waals surface area contributed by atoms with Crippen molar-refractivity contribution in [2.24, 2.45) is 0 Å². The van der Waals surface area contributed by atoms with Crippen molar-refractivity contribution in [3.05, 3.63) is 33.1 Å². The van der Waals surface area contributed by atoms with Crippen molar-refractivity contribution in [1.29, 1.82) is 0 Å². The maximum absolute atomic E-state index is 11.5. The van der Waals surface area contributed by atoms with Crippen LogP contribution in [0.3, 0.4) is 0 Å². The van der Waals surface area contributed by atoms with Crippen molar-refractivity contribution in [2.45, 2.75) is 23.3 Å². The zero-order valence-electron chi connectivity index (χ0n) is 8.62. The molecule has 1 aromatic heterocycles. The predicted molar refractivity (Wildman–Crippen MR) is 61.0 cm³/mol. The Morgan fingerprint density at radius 1 is 1.53 bits per heavy atom. The molecule has 8 heteroatoms. The fourth-order valence-corrected chi connectivity index (χ4v) is 2.27. The first-order valence-corrected chi connectivity index (χ1v) is 5.86. The lowest BCUT2D eigenvalue weighted by Gasteiger charge is -2.16. The zero-order chi connectivity index (χ0) is 12.6. The number of ether oxygens (including phenoxy) is 1. The first-order valence-electron chi connectivity index (χ1n) is 4.94. The van der Waals surface area contributed by atoms with E-state index in [1.54, 1.807) is 0 Å². The zero-order valence-corrected chi connectivity index (χ0v) is 10.2. The number of rotatable bonds is 2. The van der Waals surface area contributed by atoms with Crippen LogP contribution in [0.5, 0.6) is 0 Å². The average Bonchev–Trinajstić information content (AvgIpc) is 2.57. The molecular weight excluding hydrogens is 296 g/mol. The molecule has 0 radical (unpaired) electrons. The molecule has 7 nitrogen and oxygen atoms in total. The summed E-state index contributed by atoms with van der Waals surface area (Å²) < 4.78 is 6.42.